The van der Waals surface area contributed by atoms with E-state index in [4.69, 9.17) is 14.2 Å². The van der Waals surface area contributed by atoms with Gasteiger partial charge in [-0.3, -0.25) is 14.4 Å². The number of esters is 3. The Labute approximate surface area is 418 Å². The molecule has 0 heterocycles. The summed E-state index contributed by atoms with van der Waals surface area (Å²) in [6.07, 6.45) is 65.8. The van der Waals surface area contributed by atoms with Gasteiger partial charge >= 0.3 is 17.9 Å². The summed E-state index contributed by atoms with van der Waals surface area (Å²) in [7, 11) is 0. The largest absolute Gasteiger partial charge is 0.462 e. The summed E-state index contributed by atoms with van der Waals surface area (Å²) in [6, 6.07) is 0. The smallest absolute Gasteiger partial charge is 0.306 e. The molecule has 0 aliphatic rings. The third kappa shape index (κ3) is 55.0. The minimum Gasteiger partial charge on any atom is -0.462 e. The van der Waals surface area contributed by atoms with E-state index in [9.17, 15) is 14.4 Å². The molecule has 6 heteroatoms. The molecule has 6 nitrogen and oxygen atoms in total. The van der Waals surface area contributed by atoms with Crippen LogP contribution in [-0.4, -0.2) is 37.2 Å². The van der Waals surface area contributed by atoms with Gasteiger partial charge < -0.3 is 14.2 Å². The topological polar surface area (TPSA) is 78.9 Å². The average molecular weight is 946 g/mol. The Morgan fingerprint density at radius 2 is 0.493 bits per heavy atom. The molecule has 0 aliphatic carbocycles. The second kappa shape index (κ2) is 56.7. The quantitative estimate of drug-likeness (QED) is 0.0262. The molecule has 0 bridgehead atoms. The van der Waals surface area contributed by atoms with Gasteiger partial charge in [-0.2, -0.15) is 0 Å². The van der Waals surface area contributed by atoms with Crippen LogP contribution in [0, 0.1) is 0 Å². The lowest BCUT2D eigenvalue weighted by atomic mass is 10.0. The molecule has 0 radical (unpaired) electrons. The maximum Gasteiger partial charge on any atom is 0.306 e. The van der Waals surface area contributed by atoms with Gasteiger partial charge in [-0.1, -0.05) is 290 Å². The van der Waals surface area contributed by atoms with E-state index in [2.05, 4.69) is 32.9 Å². The SMILES string of the molecule is CCCCC/C=C\CCCCCCCC(=O)OC(COC(=O)CCCCCCC)COC(=O)CCCCCCCCCCCCCCCCCCCCCCCCCCCCCCCCCC. The predicted molar refractivity (Wildman–Crippen MR) is 289 cm³/mol. The Balaban J connectivity index is 3.83. The van der Waals surface area contributed by atoms with Crippen LogP contribution < -0.4 is 0 Å². The van der Waals surface area contributed by atoms with E-state index >= 15 is 0 Å². The van der Waals surface area contributed by atoms with Crippen LogP contribution in [0.15, 0.2) is 12.2 Å². The van der Waals surface area contributed by atoms with Gasteiger partial charge in [0.15, 0.2) is 6.10 Å². The normalized spacial score (nSPS) is 12.0. The van der Waals surface area contributed by atoms with Gasteiger partial charge in [-0.05, 0) is 44.9 Å². The van der Waals surface area contributed by atoms with E-state index < -0.39 is 6.10 Å². The van der Waals surface area contributed by atoms with Crippen LogP contribution in [0.5, 0.6) is 0 Å². The Morgan fingerprint density at radius 3 is 0.776 bits per heavy atom. The standard InChI is InChI=1S/C61H116O6/c1-4-7-10-13-15-17-19-21-22-23-24-25-26-27-28-29-30-31-32-33-34-35-36-37-38-39-40-42-43-45-48-51-54-60(63)66-57-58(56-65-59(62)53-50-47-12-9-6-3)67-61(64)55-52-49-46-44-41-20-18-16-14-11-8-5-2/h16,18,58H,4-15,17,19-57H2,1-3H3/b18-16-. The van der Waals surface area contributed by atoms with E-state index in [1.807, 2.05) is 0 Å². The molecule has 0 saturated heterocycles. The molecule has 0 aromatic carbocycles. The molecule has 0 spiro atoms. The summed E-state index contributed by atoms with van der Waals surface area (Å²) >= 11 is 0. The monoisotopic (exact) mass is 945 g/mol. The second-order valence-corrected chi connectivity index (χ2v) is 20.6. The van der Waals surface area contributed by atoms with Crippen LogP contribution in [0.25, 0.3) is 0 Å². The second-order valence-electron chi connectivity index (χ2n) is 20.6. The highest BCUT2D eigenvalue weighted by Crippen LogP contribution is 2.18. The summed E-state index contributed by atoms with van der Waals surface area (Å²) in [4.78, 5) is 37.7. The molecule has 0 saturated carbocycles. The summed E-state index contributed by atoms with van der Waals surface area (Å²) < 4.78 is 16.7. The van der Waals surface area contributed by atoms with Crippen molar-refractivity contribution in [3.63, 3.8) is 0 Å². The van der Waals surface area contributed by atoms with Crippen molar-refractivity contribution in [2.45, 2.75) is 348 Å². The number of carbonyl (C=O) groups is 3. The predicted octanol–water partition coefficient (Wildman–Crippen LogP) is 20.1. The molecule has 0 rings (SSSR count). The minimum atomic E-state index is -0.766. The molecule has 396 valence electrons. The van der Waals surface area contributed by atoms with Gasteiger partial charge in [0.1, 0.15) is 13.2 Å². The minimum absolute atomic E-state index is 0.0695. The number of ether oxygens (including phenoxy) is 3. The Bertz CT molecular complexity index is 1040. The first kappa shape index (κ1) is 65.1. The number of allylic oxidation sites excluding steroid dienone is 2. The van der Waals surface area contributed by atoms with Gasteiger partial charge in [0.2, 0.25) is 0 Å². The van der Waals surface area contributed by atoms with Gasteiger partial charge in [0, 0.05) is 19.3 Å². The number of rotatable bonds is 56. The molecular weight excluding hydrogens is 829 g/mol. The zero-order chi connectivity index (χ0) is 48.6. The first-order valence-electron chi connectivity index (χ1n) is 30.2. The van der Waals surface area contributed by atoms with E-state index in [1.54, 1.807) is 0 Å². The van der Waals surface area contributed by atoms with Gasteiger partial charge in [-0.25, -0.2) is 0 Å². The van der Waals surface area contributed by atoms with Crippen LogP contribution in [0.2, 0.25) is 0 Å². The molecule has 0 N–H and O–H groups in total. The summed E-state index contributed by atoms with van der Waals surface area (Å²) in [5.74, 6) is -0.876. The third-order valence-electron chi connectivity index (χ3n) is 13.8. The molecule has 67 heavy (non-hydrogen) atoms. The number of carbonyl (C=O) groups excluding carboxylic acids is 3. The van der Waals surface area contributed by atoms with Gasteiger partial charge in [-0.15, -0.1) is 0 Å². The van der Waals surface area contributed by atoms with Crippen LogP contribution in [0.4, 0.5) is 0 Å². The maximum absolute atomic E-state index is 12.7. The molecule has 0 aromatic rings. The van der Waals surface area contributed by atoms with Crippen LogP contribution >= 0.6 is 0 Å². The first-order valence-corrected chi connectivity index (χ1v) is 30.2. The molecule has 0 aromatic heterocycles. The zero-order valence-electron chi connectivity index (χ0n) is 45.5. The fourth-order valence-electron chi connectivity index (χ4n) is 9.21. The lowest BCUT2D eigenvalue weighted by Crippen LogP contribution is -2.30. The number of hydrogen-bond donors (Lipinski definition) is 0. The number of hydrogen-bond acceptors (Lipinski definition) is 6. The third-order valence-corrected chi connectivity index (χ3v) is 13.8. The van der Waals surface area contributed by atoms with Crippen molar-refractivity contribution in [3.05, 3.63) is 12.2 Å². The molecule has 0 fully saturated rings. The fourth-order valence-corrected chi connectivity index (χ4v) is 9.21. The van der Waals surface area contributed by atoms with Crippen molar-refractivity contribution in [2.75, 3.05) is 13.2 Å². The van der Waals surface area contributed by atoms with Crippen LogP contribution in [0.3, 0.4) is 0 Å². The van der Waals surface area contributed by atoms with E-state index in [-0.39, 0.29) is 31.1 Å². The van der Waals surface area contributed by atoms with Crippen molar-refractivity contribution < 1.29 is 28.6 Å². The van der Waals surface area contributed by atoms with Gasteiger partial charge in [0.05, 0.1) is 0 Å². The van der Waals surface area contributed by atoms with Crippen molar-refractivity contribution >= 4 is 17.9 Å². The maximum atomic E-state index is 12.7. The Hall–Kier alpha value is -1.85. The Morgan fingerprint density at radius 1 is 0.284 bits per heavy atom. The van der Waals surface area contributed by atoms with Crippen molar-refractivity contribution in [2.24, 2.45) is 0 Å². The van der Waals surface area contributed by atoms with Crippen LogP contribution in [-0.2, 0) is 28.6 Å². The molecule has 1 atom stereocenters. The van der Waals surface area contributed by atoms with Crippen molar-refractivity contribution in [1.29, 1.82) is 0 Å². The molecule has 0 amide bonds. The molecule has 1 unspecified atom stereocenters. The highest BCUT2D eigenvalue weighted by Gasteiger charge is 2.19. The summed E-state index contributed by atoms with van der Waals surface area (Å²) in [5.41, 5.74) is 0. The van der Waals surface area contributed by atoms with E-state index in [0.717, 1.165) is 70.6 Å². The highest BCUT2D eigenvalue weighted by molar-refractivity contribution is 5.71. The summed E-state index contributed by atoms with van der Waals surface area (Å²) in [5, 5.41) is 0. The highest BCUT2D eigenvalue weighted by atomic mass is 16.6. The Kier molecular flexibility index (Phi) is 55.2. The lowest BCUT2D eigenvalue weighted by Gasteiger charge is -2.18. The fraction of sp³-hybridized carbons (Fsp3) is 0.918. The summed E-state index contributed by atoms with van der Waals surface area (Å²) in [6.45, 7) is 6.57. The number of unbranched alkanes of at least 4 members (excludes halogenated alkanes) is 43. The molecule has 0 aliphatic heterocycles. The lowest BCUT2D eigenvalue weighted by molar-refractivity contribution is -0.167. The van der Waals surface area contributed by atoms with Crippen LogP contribution in [0.1, 0.15) is 342 Å². The van der Waals surface area contributed by atoms with E-state index in [0.29, 0.717) is 19.3 Å². The first-order chi connectivity index (χ1) is 33.0. The van der Waals surface area contributed by atoms with Crippen molar-refractivity contribution in [1.82, 2.24) is 0 Å². The van der Waals surface area contributed by atoms with Crippen molar-refractivity contribution in [3.8, 4) is 0 Å². The zero-order valence-corrected chi connectivity index (χ0v) is 45.5. The molecular formula is C61H116O6. The van der Waals surface area contributed by atoms with Gasteiger partial charge in [0.25, 0.3) is 0 Å². The average Bonchev–Trinajstić information content (AvgIpc) is 3.33. The van der Waals surface area contributed by atoms with E-state index in [1.165, 1.54) is 231 Å².